The van der Waals surface area contributed by atoms with E-state index >= 15 is 0 Å². The molecule has 2 N–H and O–H groups in total. The Hall–Kier alpha value is -2.47. The number of benzene rings is 1. The molecule has 2 aromatic rings. The summed E-state index contributed by atoms with van der Waals surface area (Å²) in [6.45, 7) is 10.6. The van der Waals surface area contributed by atoms with E-state index in [0.717, 1.165) is 17.5 Å². The molecule has 1 aromatic heterocycles. The minimum atomic E-state index is -0.0925. The number of rotatable bonds is 6. The van der Waals surface area contributed by atoms with E-state index in [1.54, 1.807) is 7.05 Å². The third kappa shape index (κ3) is 4.63. The first-order valence-corrected chi connectivity index (χ1v) is 9.23. The summed E-state index contributed by atoms with van der Waals surface area (Å²) in [4.78, 5) is 16.3. The van der Waals surface area contributed by atoms with E-state index in [-0.39, 0.29) is 24.5 Å². The van der Waals surface area contributed by atoms with E-state index in [2.05, 4.69) is 67.4 Å². The van der Waals surface area contributed by atoms with Crippen LogP contribution in [0.4, 0.5) is 5.69 Å². The molecule has 0 spiro atoms. The maximum absolute atomic E-state index is 11.7. The largest absolute Gasteiger partial charge is 0.394 e. The minimum Gasteiger partial charge on any atom is -0.394 e. The fraction of sp³-hybridized carbons (Fsp3) is 0.476. The van der Waals surface area contributed by atoms with Crippen LogP contribution in [-0.4, -0.2) is 40.7 Å². The molecular formula is C21H30N4O2. The molecule has 0 saturated heterocycles. The fourth-order valence-corrected chi connectivity index (χ4v) is 2.93. The van der Waals surface area contributed by atoms with Crippen LogP contribution in [-0.2, 0) is 12.0 Å². The van der Waals surface area contributed by atoms with Crippen molar-refractivity contribution in [2.45, 2.75) is 52.5 Å². The fourth-order valence-electron chi connectivity index (χ4n) is 2.93. The summed E-state index contributed by atoms with van der Waals surface area (Å²) in [6.07, 6.45) is 0.753. The van der Waals surface area contributed by atoms with Crippen LogP contribution in [0.1, 0.15) is 67.8 Å². The topological polar surface area (TPSA) is 79.5 Å². The summed E-state index contributed by atoms with van der Waals surface area (Å²) in [6, 6.07) is 8.49. The van der Waals surface area contributed by atoms with Crippen molar-refractivity contribution in [2.75, 3.05) is 13.7 Å². The average molecular weight is 370 g/mol. The summed E-state index contributed by atoms with van der Waals surface area (Å²) in [7, 11) is 1.78. The average Bonchev–Trinajstić information content (AvgIpc) is 2.97. The van der Waals surface area contributed by atoms with E-state index in [9.17, 15) is 9.90 Å². The van der Waals surface area contributed by atoms with Crippen LogP contribution in [0.2, 0.25) is 0 Å². The molecular weight excluding hydrogens is 340 g/mol. The van der Waals surface area contributed by atoms with Gasteiger partial charge in [-0.2, -0.15) is 5.10 Å². The molecule has 0 bridgehead atoms. The molecule has 27 heavy (non-hydrogen) atoms. The summed E-state index contributed by atoms with van der Waals surface area (Å²) in [5.74, 6) is 0.652. The molecule has 6 nitrogen and oxygen atoms in total. The highest BCUT2D eigenvalue weighted by Crippen LogP contribution is 2.34. The standard InChI is InChI=1S/C21H30N4O2/c1-14(16-7-9-17(10-8-16)21(3,4)5)19-20(23-15(2)22-6)18(13-27)25(24-19)11-12-26/h7-10,13-14,26H,11-12H2,1-6H3,(H,22,23). The summed E-state index contributed by atoms with van der Waals surface area (Å²) >= 11 is 0. The second-order valence-corrected chi connectivity index (χ2v) is 7.72. The lowest BCUT2D eigenvalue weighted by Gasteiger charge is -2.20. The second-order valence-electron chi connectivity index (χ2n) is 7.72. The molecule has 0 fully saturated rings. The molecule has 0 aliphatic heterocycles. The quantitative estimate of drug-likeness (QED) is 0.464. The first-order chi connectivity index (χ1) is 12.7. The van der Waals surface area contributed by atoms with Crippen molar-refractivity contribution < 1.29 is 9.90 Å². The number of hydrogen-bond acceptors (Lipinski definition) is 4. The monoisotopic (exact) mass is 370 g/mol. The Bertz CT molecular complexity index is 814. The molecule has 146 valence electrons. The smallest absolute Gasteiger partial charge is 0.170 e. The van der Waals surface area contributed by atoms with Gasteiger partial charge < -0.3 is 10.4 Å². The van der Waals surface area contributed by atoms with Gasteiger partial charge in [-0.25, -0.2) is 4.99 Å². The molecule has 1 aromatic carbocycles. The molecule has 0 aliphatic carbocycles. The van der Waals surface area contributed by atoms with Gasteiger partial charge in [0.2, 0.25) is 0 Å². The van der Waals surface area contributed by atoms with Crippen LogP contribution in [0.3, 0.4) is 0 Å². The number of nitrogens with zero attached hydrogens (tertiary/aromatic N) is 3. The van der Waals surface area contributed by atoms with Gasteiger partial charge in [0.05, 0.1) is 24.7 Å². The van der Waals surface area contributed by atoms with Gasteiger partial charge in [-0.05, 0) is 23.5 Å². The normalized spacial score (nSPS) is 13.5. The van der Waals surface area contributed by atoms with Crippen LogP contribution in [0.25, 0.3) is 0 Å². The lowest BCUT2D eigenvalue weighted by Crippen LogP contribution is -2.13. The summed E-state index contributed by atoms with van der Waals surface area (Å²) in [5.41, 5.74) is 4.12. The van der Waals surface area contributed by atoms with Gasteiger partial charge in [0.1, 0.15) is 11.4 Å². The lowest BCUT2D eigenvalue weighted by atomic mass is 9.85. The number of carbonyl (C=O) groups excluding carboxylic acids is 1. The Kier molecular flexibility index (Phi) is 6.54. The Morgan fingerprint density at radius 1 is 1.33 bits per heavy atom. The SMILES string of the molecule is CN/C(C)=N\c1c(C(C)c2ccc(C(C)(C)C)cc2)nn(CCO)c1C=O. The number of aliphatic hydroxyl groups is 1. The predicted molar refractivity (Wildman–Crippen MR) is 109 cm³/mol. The molecule has 0 aliphatic rings. The van der Waals surface area contributed by atoms with Crippen LogP contribution in [0.15, 0.2) is 29.3 Å². The minimum absolute atomic E-state index is 0.0407. The maximum atomic E-state index is 11.7. The van der Waals surface area contributed by atoms with Gasteiger partial charge in [-0.1, -0.05) is 52.0 Å². The van der Waals surface area contributed by atoms with Crippen LogP contribution < -0.4 is 5.32 Å². The van der Waals surface area contributed by atoms with Gasteiger partial charge in [-0.3, -0.25) is 9.48 Å². The molecule has 0 radical (unpaired) electrons. The number of aromatic nitrogens is 2. The number of nitrogens with one attached hydrogen (secondary N) is 1. The highest BCUT2D eigenvalue weighted by molar-refractivity contribution is 5.88. The van der Waals surface area contributed by atoms with Crippen molar-refractivity contribution >= 4 is 17.8 Å². The van der Waals surface area contributed by atoms with E-state index in [4.69, 9.17) is 0 Å². The molecule has 1 atom stereocenters. The zero-order chi connectivity index (χ0) is 20.2. The van der Waals surface area contributed by atoms with E-state index in [1.165, 1.54) is 10.2 Å². The number of aldehydes is 1. The number of hydrogen-bond donors (Lipinski definition) is 2. The number of carbonyl (C=O) groups is 1. The van der Waals surface area contributed by atoms with E-state index in [0.29, 0.717) is 17.2 Å². The maximum Gasteiger partial charge on any atom is 0.170 e. The van der Waals surface area contributed by atoms with Crippen molar-refractivity contribution in [2.24, 2.45) is 4.99 Å². The van der Waals surface area contributed by atoms with Crippen molar-refractivity contribution in [1.29, 1.82) is 0 Å². The molecule has 2 rings (SSSR count). The van der Waals surface area contributed by atoms with Crippen molar-refractivity contribution in [1.82, 2.24) is 15.1 Å². The zero-order valence-electron chi connectivity index (χ0n) is 17.1. The Morgan fingerprint density at radius 3 is 2.44 bits per heavy atom. The van der Waals surface area contributed by atoms with Crippen LogP contribution >= 0.6 is 0 Å². The number of aliphatic hydroxyl groups excluding tert-OH is 1. The van der Waals surface area contributed by atoms with Gasteiger partial charge in [-0.15, -0.1) is 0 Å². The highest BCUT2D eigenvalue weighted by atomic mass is 16.3. The van der Waals surface area contributed by atoms with Gasteiger partial charge >= 0.3 is 0 Å². The van der Waals surface area contributed by atoms with E-state index < -0.39 is 0 Å². The Balaban J connectivity index is 2.53. The third-order valence-electron chi connectivity index (χ3n) is 4.74. The van der Waals surface area contributed by atoms with Gasteiger partial charge in [0.25, 0.3) is 0 Å². The molecule has 0 amide bonds. The first kappa shape index (κ1) is 20.8. The lowest BCUT2D eigenvalue weighted by molar-refractivity contribution is 0.111. The van der Waals surface area contributed by atoms with E-state index in [1.807, 2.05) is 6.92 Å². The molecule has 6 heteroatoms. The van der Waals surface area contributed by atoms with Crippen LogP contribution in [0, 0.1) is 0 Å². The third-order valence-corrected chi connectivity index (χ3v) is 4.74. The van der Waals surface area contributed by atoms with Crippen molar-refractivity contribution in [3.63, 3.8) is 0 Å². The number of aliphatic imine (C=N–C) groups is 1. The predicted octanol–water partition coefficient (Wildman–Crippen LogP) is 3.41. The molecule has 1 heterocycles. The Morgan fingerprint density at radius 2 is 1.96 bits per heavy atom. The van der Waals surface area contributed by atoms with Crippen molar-refractivity contribution in [3.05, 3.63) is 46.8 Å². The Labute approximate surface area is 161 Å². The summed E-state index contributed by atoms with van der Waals surface area (Å²) < 4.78 is 1.53. The zero-order valence-corrected chi connectivity index (χ0v) is 17.1. The van der Waals surface area contributed by atoms with Gasteiger partial charge in [0, 0.05) is 13.0 Å². The molecule has 1 unspecified atom stereocenters. The van der Waals surface area contributed by atoms with Crippen LogP contribution in [0.5, 0.6) is 0 Å². The number of amidine groups is 1. The van der Waals surface area contributed by atoms with Gasteiger partial charge in [0.15, 0.2) is 6.29 Å². The van der Waals surface area contributed by atoms with Crippen molar-refractivity contribution in [3.8, 4) is 0 Å². The first-order valence-electron chi connectivity index (χ1n) is 9.23. The molecule has 0 saturated carbocycles. The second kappa shape index (κ2) is 8.48. The highest BCUT2D eigenvalue weighted by Gasteiger charge is 2.23. The summed E-state index contributed by atoms with van der Waals surface area (Å²) in [5, 5.41) is 16.9.